The number of anilines is 1. The summed E-state index contributed by atoms with van der Waals surface area (Å²) in [7, 11) is 2.00. The third-order valence-corrected chi connectivity index (χ3v) is 4.09. The van der Waals surface area contributed by atoms with E-state index in [-0.39, 0.29) is 17.1 Å². The molecule has 1 atom stereocenters. The van der Waals surface area contributed by atoms with Crippen molar-refractivity contribution in [2.45, 2.75) is 33.1 Å². The zero-order valence-corrected chi connectivity index (χ0v) is 12.0. The van der Waals surface area contributed by atoms with Gasteiger partial charge in [0.15, 0.2) is 0 Å². The van der Waals surface area contributed by atoms with E-state index in [1.54, 1.807) is 12.1 Å². The number of phenols is 1. The Hall–Kier alpha value is -1.51. The first-order valence-electron chi connectivity index (χ1n) is 6.90. The molecule has 1 aliphatic carbocycles. The van der Waals surface area contributed by atoms with Gasteiger partial charge in [0.1, 0.15) is 11.5 Å². The molecule has 3 heteroatoms. The highest BCUT2D eigenvalue weighted by atomic mass is 16.3. The predicted octanol–water partition coefficient (Wildman–Crippen LogP) is 3.22. The predicted molar refractivity (Wildman–Crippen MR) is 77.5 cm³/mol. The van der Waals surface area contributed by atoms with Crippen LogP contribution < -0.4 is 4.90 Å². The summed E-state index contributed by atoms with van der Waals surface area (Å²) < 4.78 is 0. The number of hydrogen-bond acceptors (Lipinski definition) is 3. The van der Waals surface area contributed by atoms with Crippen LogP contribution in [0.25, 0.3) is 0 Å². The molecule has 19 heavy (non-hydrogen) atoms. The molecule has 0 radical (unpaired) electrons. The standard InChI is InChI=1S/C16H23NO2/c1-16(2)9-8-15(19)12(10-16)11-17(3)13-4-6-14(18)7-5-13/h4-7,12,18H,8-11H2,1-3H3. The molecule has 104 valence electrons. The van der Waals surface area contributed by atoms with E-state index in [0.717, 1.165) is 25.1 Å². The minimum absolute atomic E-state index is 0.127. The number of rotatable bonds is 3. The number of phenolic OH excluding ortho intramolecular Hbond substituents is 1. The molecule has 0 heterocycles. The van der Waals surface area contributed by atoms with E-state index in [9.17, 15) is 9.90 Å². The summed E-state index contributed by atoms with van der Waals surface area (Å²) >= 11 is 0. The van der Waals surface area contributed by atoms with Crippen LogP contribution in [0.15, 0.2) is 24.3 Å². The summed E-state index contributed by atoms with van der Waals surface area (Å²) in [6.45, 7) is 5.24. The Kier molecular flexibility index (Phi) is 3.83. The lowest BCUT2D eigenvalue weighted by Gasteiger charge is -2.36. The number of Topliss-reactive ketones (excluding diaryl/α,β-unsaturated/α-hetero) is 1. The molecule has 0 aromatic heterocycles. The third-order valence-electron chi connectivity index (χ3n) is 4.09. The molecular formula is C16H23NO2. The lowest BCUT2D eigenvalue weighted by Crippen LogP contribution is -2.37. The van der Waals surface area contributed by atoms with Crippen LogP contribution >= 0.6 is 0 Å². The highest BCUT2D eigenvalue weighted by Crippen LogP contribution is 2.37. The molecule has 1 saturated carbocycles. The first kappa shape index (κ1) is 13.9. The van der Waals surface area contributed by atoms with Gasteiger partial charge in [0.05, 0.1) is 0 Å². The molecule has 0 aliphatic heterocycles. The first-order valence-corrected chi connectivity index (χ1v) is 6.90. The number of nitrogens with zero attached hydrogens (tertiary/aromatic N) is 1. The van der Waals surface area contributed by atoms with Gasteiger partial charge >= 0.3 is 0 Å². The van der Waals surface area contributed by atoms with E-state index in [2.05, 4.69) is 18.7 Å². The summed E-state index contributed by atoms with van der Waals surface area (Å²) in [6.07, 6.45) is 2.68. The second kappa shape index (κ2) is 5.24. The Labute approximate surface area is 115 Å². The van der Waals surface area contributed by atoms with Crippen LogP contribution in [0.1, 0.15) is 33.1 Å². The fourth-order valence-corrected chi connectivity index (χ4v) is 2.86. The lowest BCUT2D eigenvalue weighted by molar-refractivity contribution is -0.126. The average molecular weight is 261 g/mol. The Morgan fingerprint density at radius 2 is 1.95 bits per heavy atom. The van der Waals surface area contributed by atoms with Gasteiger partial charge < -0.3 is 10.0 Å². The Bertz CT molecular complexity index is 450. The molecule has 1 aromatic rings. The van der Waals surface area contributed by atoms with Crippen molar-refractivity contribution >= 4 is 11.5 Å². The highest BCUT2D eigenvalue weighted by Gasteiger charge is 2.34. The summed E-state index contributed by atoms with van der Waals surface area (Å²) in [6, 6.07) is 7.12. The second-order valence-corrected chi connectivity index (χ2v) is 6.43. The van der Waals surface area contributed by atoms with Crippen molar-refractivity contribution in [3.8, 4) is 5.75 Å². The first-order chi connectivity index (χ1) is 8.87. The molecule has 3 nitrogen and oxygen atoms in total. The Morgan fingerprint density at radius 1 is 1.32 bits per heavy atom. The number of benzene rings is 1. The molecule has 1 aromatic carbocycles. The van der Waals surface area contributed by atoms with Gasteiger partial charge in [0.2, 0.25) is 0 Å². The summed E-state index contributed by atoms with van der Waals surface area (Å²) in [5.41, 5.74) is 1.31. The molecule has 0 saturated heterocycles. The van der Waals surface area contributed by atoms with Gasteiger partial charge in [0.25, 0.3) is 0 Å². The zero-order chi connectivity index (χ0) is 14.0. The third kappa shape index (κ3) is 3.49. The van der Waals surface area contributed by atoms with Gasteiger partial charge in [0, 0.05) is 31.6 Å². The molecular weight excluding hydrogens is 238 g/mol. The average Bonchev–Trinajstić information content (AvgIpc) is 2.34. The van der Waals surface area contributed by atoms with Gasteiger partial charge in [-0.3, -0.25) is 4.79 Å². The van der Waals surface area contributed by atoms with Crippen molar-refractivity contribution in [2.75, 3.05) is 18.5 Å². The number of ketones is 1. The number of carbonyl (C=O) groups excluding carboxylic acids is 1. The maximum atomic E-state index is 12.0. The summed E-state index contributed by atoms with van der Waals surface area (Å²) in [5.74, 6) is 0.791. The molecule has 0 amide bonds. The topological polar surface area (TPSA) is 40.5 Å². The number of hydrogen-bond donors (Lipinski definition) is 1. The fourth-order valence-electron chi connectivity index (χ4n) is 2.86. The van der Waals surface area contributed by atoms with Crippen LogP contribution in [0.2, 0.25) is 0 Å². The van der Waals surface area contributed by atoms with Crippen LogP contribution in [0.4, 0.5) is 5.69 Å². The quantitative estimate of drug-likeness (QED) is 0.908. The van der Waals surface area contributed by atoms with Crippen molar-refractivity contribution in [3.05, 3.63) is 24.3 Å². The van der Waals surface area contributed by atoms with Gasteiger partial charge in [-0.25, -0.2) is 0 Å². The Balaban J connectivity index is 2.03. The molecule has 1 fully saturated rings. The van der Waals surface area contributed by atoms with E-state index in [1.165, 1.54) is 0 Å². The van der Waals surface area contributed by atoms with E-state index >= 15 is 0 Å². The largest absolute Gasteiger partial charge is 0.508 e. The van der Waals surface area contributed by atoms with Crippen LogP contribution in [-0.2, 0) is 4.79 Å². The lowest BCUT2D eigenvalue weighted by atomic mass is 9.71. The SMILES string of the molecule is CN(CC1CC(C)(C)CCC1=O)c1ccc(O)cc1. The van der Waals surface area contributed by atoms with Gasteiger partial charge in [-0.15, -0.1) is 0 Å². The van der Waals surface area contributed by atoms with E-state index in [4.69, 9.17) is 0 Å². The highest BCUT2D eigenvalue weighted by molar-refractivity contribution is 5.82. The number of aromatic hydroxyl groups is 1. The van der Waals surface area contributed by atoms with Crippen LogP contribution in [0, 0.1) is 11.3 Å². The van der Waals surface area contributed by atoms with E-state index in [1.807, 2.05) is 19.2 Å². The number of carbonyl (C=O) groups is 1. The van der Waals surface area contributed by atoms with Crippen molar-refractivity contribution in [3.63, 3.8) is 0 Å². The smallest absolute Gasteiger partial charge is 0.137 e. The maximum absolute atomic E-state index is 12.0. The summed E-state index contributed by atoms with van der Waals surface area (Å²) in [4.78, 5) is 14.1. The minimum Gasteiger partial charge on any atom is -0.508 e. The van der Waals surface area contributed by atoms with Gasteiger partial charge in [-0.2, -0.15) is 0 Å². The van der Waals surface area contributed by atoms with Crippen LogP contribution in [0.3, 0.4) is 0 Å². The molecule has 2 rings (SSSR count). The fraction of sp³-hybridized carbons (Fsp3) is 0.562. The normalized spacial score (nSPS) is 22.3. The second-order valence-electron chi connectivity index (χ2n) is 6.43. The van der Waals surface area contributed by atoms with Crippen molar-refractivity contribution < 1.29 is 9.90 Å². The van der Waals surface area contributed by atoms with Crippen molar-refractivity contribution in [1.29, 1.82) is 0 Å². The maximum Gasteiger partial charge on any atom is 0.137 e. The summed E-state index contributed by atoms with van der Waals surface area (Å²) in [5, 5.41) is 9.30. The molecule has 0 bridgehead atoms. The van der Waals surface area contributed by atoms with Crippen LogP contribution in [-0.4, -0.2) is 24.5 Å². The molecule has 1 unspecified atom stereocenters. The molecule has 1 aliphatic rings. The van der Waals surface area contributed by atoms with E-state index in [0.29, 0.717) is 12.2 Å². The van der Waals surface area contributed by atoms with Gasteiger partial charge in [-0.1, -0.05) is 13.8 Å². The zero-order valence-electron chi connectivity index (χ0n) is 12.0. The van der Waals surface area contributed by atoms with Crippen molar-refractivity contribution in [2.24, 2.45) is 11.3 Å². The van der Waals surface area contributed by atoms with Crippen molar-refractivity contribution in [1.82, 2.24) is 0 Å². The minimum atomic E-state index is 0.127. The molecule has 0 spiro atoms. The molecule has 1 N–H and O–H groups in total. The monoisotopic (exact) mass is 261 g/mol. The Morgan fingerprint density at radius 3 is 2.58 bits per heavy atom. The van der Waals surface area contributed by atoms with Crippen LogP contribution in [0.5, 0.6) is 5.75 Å². The van der Waals surface area contributed by atoms with E-state index < -0.39 is 0 Å². The van der Waals surface area contributed by atoms with Gasteiger partial charge in [-0.05, 0) is 42.5 Å².